The van der Waals surface area contributed by atoms with Gasteiger partial charge in [0.1, 0.15) is 0 Å². The van der Waals surface area contributed by atoms with Gasteiger partial charge < -0.3 is 24.8 Å². The van der Waals surface area contributed by atoms with Crippen molar-refractivity contribution in [1.82, 2.24) is 4.72 Å². The van der Waals surface area contributed by atoms with E-state index in [1.807, 2.05) is 12.1 Å². The fourth-order valence-electron chi connectivity index (χ4n) is 4.83. The van der Waals surface area contributed by atoms with Crippen molar-refractivity contribution in [2.45, 2.75) is 55.9 Å². The molecule has 3 aliphatic rings. The van der Waals surface area contributed by atoms with Crippen LogP contribution in [0.1, 0.15) is 55.3 Å². The normalized spacial score (nSPS) is 18.6. The average molecular weight is 516 g/mol. The third kappa shape index (κ3) is 5.90. The summed E-state index contributed by atoms with van der Waals surface area (Å²) in [4.78, 5) is 16.8. The van der Waals surface area contributed by atoms with Gasteiger partial charge in [0.15, 0.2) is 11.5 Å². The number of rotatable bonds is 11. The molecule has 2 aromatic carbocycles. The highest BCUT2D eigenvalue weighted by Crippen LogP contribution is 2.54. The van der Waals surface area contributed by atoms with Crippen LogP contribution in [-0.2, 0) is 0 Å². The largest absolute Gasteiger partial charge is 0.486 e. The zero-order chi connectivity index (χ0) is 25.0. The molecule has 7 nitrogen and oxygen atoms in total. The zero-order valence-corrected chi connectivity index (χ0v) is 21.2. The van der Waals surface area contributed by atoms with Crippen molar-refractivity contribution in [3.05, 3.63) is 42.0 Å². The topological polar surface area (TPSA) is 83.1 Å². The number of nitrogens with zero attached hydrogens (tertiary/aromatic N) is 1. The fraction of sp³-hybridized carbons (Fsp3) is 0.519. The SMILES string of the molecule is O=C(Nc1ccc(OCF)c(OC2CCC2)c1)c1ccc(SNCCO)cc1N1CCC2(CC1)CC2. The quantitative estimate of drug-likeness (QED) is 0.282. The van der Waals surface area contributed by atoms with E-state index < -0.39 is 6.86 Å². The van der Waals surface area contributed by atoms with Gasteiger partial charge in [0.05, 0.1) is 24.0 Å². The number of aliphatic hydroxyl groups excluding tert-OH is 1. The molecule has 2 aliphatic carbocycles. The highest BCUT2D eigenvalue weighted by Gasteiger charge is 2.44. The van der Waals surface area contributed by atoms with Gasteiger partial charge in [-0.2, -0.15) is 0 Å². The predicted molar refractivity (Wildman–Crippen MR) is 140 cm³/mol. The van der Waals surface area contributed by atoms with Crippen molar-refractivity contribution in [1.29, 1.82) is 0 Å². The summed E-state index contributed by atoms with van der Waals surface area (Å²) in [5, 5.41) is 12.1. The first-order chi connectivity index (χ1) is 17.6. The molecule has 5 rings (SSSR count). The lowest BCUT2D eigenvalue weighted by molar-refractivity contribution is 0.102. The second-order valence-electron chi connectivity index (χ2n) is 9.93. The monoisotopic (exact) mass is 515 g/mol. The summed E-state index contributed by atoms with van der Waals surface area (Å²) in [6.45, 7) is 1.49. The maximum absolute atomic E-state index is 13.5. The number of carbonyl (C=O) groups excluding carboxylic acids is 1. The Kier molecular flexibility index (Phi) is 7.88. The lowest BCUT2D eigenvalue weighted by Gasteiger charge is -2.35. The Hall–Kier alpha value is -2.49. The summed E-state index contributed by atoms with van der Waals surface area (Å²) in [7, 11) is 0. The number of hydrogen-bond acceptors (Lipinski definition) is 7. The first-order valence-corrected chi connectivity index (χ1v) is 13.6. The molecule has 1 amide bonds. The Bertz CT molecular complexity index is 1070. The van der Waals surface area contributed by atoms with E-state index in [0.717, 1.165) is 55.8 Å². The highest BCUT2D eigenvalue weighted by atomic mass is 32.2. The number of alkyl halides is 1. The summed E-state index contributed by atoms with van der Waals surface area (Å²) in [5.74, 6) is 0.579. The third-order valence-corrected chi connectivity index (χ3v) is 8.34. The van der Waals surface area contributed by atoms with E-state index in [4.69, 9.17) is 14.6 Å². The molecular weight excluding hydrogens is 481 g/mol. The van der Waals surface area contributed by atoms with Gasteiger partial charge in [0.2, 0.25) is 6.86 Å². The van der Waals surface area contributed by atoms with E-state index in [1.165, 1.54) is 24.8 Å². The van der Waals surface area contributed by atoms with Crippen LogP contribution in [0.3, 0.4) is 0 Å². The average Bonchev–Trinajstić information content (AvgIpc) is 3.62. The smallest absolute Gasteiger partial charge is 0.257 e. The molecule has 194 valence electrons. The summed E-state index contributed by atoms with van der Waals surface area (Å²) in [6.07, 6.45) is 8.10. The van der Waals surface area contributed by atoms with Gasteiger partial charge >= 0.3 is 0 Å². The Morgan fingerprint density at radius 3 is 2.58 bits per heavy atom. The highest BCUT2D eigenvalue weighted by molar-refractivity contribution is 7.97. The van der Waals surface area contributed by atoms with Gasteiger partial charge in [0.25, 0.3) is 5.91 Å². The maximum Gasteiger partial charge on any atom is 0.257 e. The predicted octanol–water partition coefficient (Wildman–Crippen LogP) is 5.15. The van der Waals surface area contributed by atoms with Crippen LogP contribution in [0.2, 0.25) is 0 Å². The van der Waals surface area contributed by atoms with Crippen LogP contribution in [0.25, 0.3) is 0 Å². The number of amides is 1. The lowest BCUT2D eigenvalue weighted by atomic mass is 9.93. The molecule has 2 saturated carbocycles. The van der Waals surface area contributed by atoms with Crippen molar-refractivity contribution in [2.75, 3.05) is 43.3 Å². The van der Waals surface area contributed by atoms with Crippen molar-refractivity contribution >= 4 is 29.2 Å². The van der Waals surface area contributed by atoms with Crippen LogP contribution in [0.15, 0.2) is 41.3 Å². The fourth-order valence-corrected chi connectivity index (χ4v) is 5.50. The van der Waals surface area contributed by atoms with E-state index >= 15 is 0 Å². The summed E-state index contributed by atoms with van der Waals surface area (Å²) in [6, 6.07) is 10.9. The molecule has 36 heavy (non-hydrogen) atoms. The third-order valence-electron chi connectivity index (χ3n) is 7.50. The molecule has 2 aromatic rings. The summed E-state index contributed by atoms with van der Waals surface area (Å²) < 4.78 is 27.1. The number of aliphatic hydroxyl groups is 1. The van der Waals surface area contributed by atoms with E-state index in [9.17, 15) is 9.18 Å². The van der Waals surface area contributed by atoms with Gasteiger partial charge in [-0.1, -0.05) is 0 Å². The number of nitrogens with one attached hydrogen (secondary N) is 2. The molecule has 0 unspecified atom stereocenters. The number of piperidine rings is 1. The minimum absolute atomic E-state index is 0.0656. The van der Waals surface area contributed by atoms with Crippen LogP contribution in [0.5, 0.6) is 11.5 Å². The van der Waals surface area contributed by atoms with E-state index in [1.54, 1.807) is 18.2 Å². The zero-order valence-electron chi connectivity index (χ0n) is 20.4. The second-order valence-corrected chi connectivity index (χ2v) is 10.9. The van der Waals surface area contributed by atoms with Crippen LogP contribution in [-0.4, -0.2) is 50.2 Å². The number of hydrogen-bond donors (Lipinski definition) is 3. The van der Waals surface area contributed by atoms with Crippen LogP contribution in [0.4, 0.5) is 15.8 Å². The number of benzene rings is 2. The molecule has 0 aromatic heterocycles. The van der Waals surface area contributed by atoms with Gasteiger partial charge in [-0.3, -0.25) is 9.52 Å². The molecule has 0 bridgehead atoms. The number of ether oxygens (including phenoxy) is 2. The van der Waals surface area contributed by atoms with Crippen LogP contribution in [0, 0.1) is 5.41 Å². The van der Waals surface area contributed by atoms with E-state index in [0.29, 0.717) is 34.7 Å². The second kappa shape index (κ2) is 11.3. The minimum Gasteiger partial charge on any atom is -0.486 e. The molecular formula is C27H34FN3O4S. The molecule has 1 spiro atoms. The Morgan fingerprint density at radius 1 is 1.11 bits per heavy atom. The minimum atomic E-state index is -0.940. The summed E-state index contributed by atoms with van der Waals surface area (Å²) >= 11 is 1.45. The maximum atomic E-state index is 13.5. The molecule has 1 saturated heterocycles. The molecule has 0 atom stereocenters. The summed E-state index contributed by atoms with van der Waals surface area (Å²) in [5.41, 5.74) is 2.64. The van der Waals surface area contributed by atoms with Gasteiger partial charge in [-0.15, -0.1) is 0 Å². The van der Waals surface area contributed by atoms with Crippen molar-refractivity contribution in [3.63, 3.8) is 0 Å². The molecule has 3 fully saturated rings. The van der Waals surface area contributed by atoms with E-state index in [-0.39, 0.29) is 18.6 Å². The number of carbonyl (C=O) groups is 1. The Morgan fingerprint density at radius 2 is 1.92 bits per heavy atom. The molecule has 1 heterocycles. The first kappa shape index (κ1) is 25.2. The first-order valence-electron chi connectivity index (χ1n) is 12.8. The van der Waals surface area contributed by atoms with Crippen molar-refractivity contribution < 1.29 is 23.8 Å². The Balaban J connectivity index is 1.35. The van der Waals surface area contributed by atoms with Gasteiger partial charge in [0, 0.05) is 36.3 Å². The lowest BCUT2D eigenvalue weighted by Crippen LogP contribution is -2.35. The van der Waals surface area contributed by atoms with Gasteiger partial charge in [-0.25, -0.2) is 4.39 Å². The van der Waals surface area contributed by atoms with Gasteiger partial charge in [-0.05, 0) is 92.6 Å². The molecule has 9 heteroatoms. The molecule has 3 N–H and O–H groups in total. The molecule has 0 radical (unpaired) electrons. The van der Waals surface area contributed by atoms with Crippen molar-refractivity contribution in [2.24, 2.45) is 5.41 Å². The van der Waals surface area contributed by atoms with E-state index in [2.05, 4.69) is 21.0 Å². The van der Waals surface area contributed by atoms with Crippen molar-refractivity contribution in [3.8, 4) is 11.5 Å². The standard InChI is InChI=1S/C27H34FN3O4S/c28-18-34-24-7-4-19(16-25(24)35-20-2-1-3-20)30-26(33)22-6-5-21(36-29-12-15-32)17-23(22)31-13-10-27(8-9-27)11-14-31/h4-7,16-17,20,29,32H,1-3,8-15,18H2,(H,30,33). The number of halogens is 1. The van der Waals surface area contributed by atoms with Crippen LogP contribution >= 0.6 is 11.9 Å². The van der Waals surface area contributed by atoms with Crippen LogP contribution < -0.4 is 24.4 Å². The number of anilines is 2. The molecule has 1 aliphatic heterocycles. The Labute approximate surface area is 215 Å².